The minimum Gasteiger partial charge on any atom is -0.457 e. The molecule has 6 nitrogen and oxygen atoms in total. The van der Waals surface area contributed by atoms with Crippen LogP contribution in [0.1, 0.15) is 28.2 Å². The molecule has 1 amide bonds. The summed E-state index contributed by atoms with van der Waals surface area (Å²) in [6, 6.07) is 9.42. The molecular formula is C20H22N2O4S. The Balaban J connectivity index is 1.55. The van der Waals surface area contributed by atoms with E-state index in [0.29, 0.717) is 11.3 Å². The molecule has 0 saturated heterocycles. The van der Waals surface area contributed by atoms with Gasteiger partial charge in [0.1, 0.15) is 0 Å². The van der Waals surface area contributed by atoms with E-state index in [1.54, 1.807) is 11.0 Å². The third-order valence-corrected chi connectivity index (χ3v) is 5.84. The lowest BCUT2D eigenvalue weighted by Gasteiger charge is -2.28. The maximum absolute atomic E-state index is 12.3. The maximum Gasteiger partial charge on any atom is 0.308 e. The number of nitrogens with zero attached hydrogens (tertiary/aromatic N) is 2. The van der Waals surface area contributed by atoms with Crippen molar-refractivity contribution in [2.45, 2.75) is 25.2 Å². The van der Waals surface area contributed by atoms with Crippen molar-refractivity contribution >= 4 is 35.1 Å². The number of aryl methyl sites for hydroxylation is 1. The number of hydrogen-bond donors (Lipinski definition) is 0. The number of thioether (sulfide) groups is 1. The summed E-state index contributed by atoms with van der Waals surface area (Å²) in [7, 11) is 1.89. The van der Waals surface area contributed by atoms with Gasteiger partial charge in [-0.1, -0.05) is 12.1 Å². The third-order valence-electron chi connectivity index (χ3n) is 4.79. The van der Waals surface area contributed by atoms with Gasteiger partial charge >= 0.3 is 5.97 Å². The van der Waals surface area contributed by atoms with Gasteiger partial charge in [-0.2, -0.15) is 0 Å². The van der Waals surface area contributed by atoms with Crippen LogP contribution in [-0.2, 0) is 21.4 Å². The summed E-state index contributed by atoms with van der Waals surface area (Å²) in [5.74, 6) is -0.382. The quantitative estimate of drug-likeness (QED) is 0.564. The molecule has 0 bridgehead atoms. The molecule has 0 atom stereocenters. The SMILES string of the molecule is Cc1cc(C(=O)COC(=O)CCN2C(=O)CSc3ccccc32)c(C)n1C. The largest absolute Gasteiger partial charge is 0.457 e. The monoisotopic (exact) mass is 386 g/mol. The molecule has 0 spiro atoms. The highest BCUT2D eigenvalue weighted by Crippen LogP contribution is 2.34. The lowest BCUT2D eigenvalue weighted by molar-refractivity contribution is -0.142. The van der Waals surface area contributed by atoms with Gasteiger partial charge in [-0.25, -0.2) is 0 Å². The molecule has 2 aromatic rings. The number of benzene rings is 1. The van der Waals surface area contributed by atoms with Crippen molar-refractivity contribution in [2.24, 2.45) is 7.05 Å². The molecule has 7 heteroatoms. The first-order valence-corrected chi connectivity index (χ1v) is 9.71. The van der Waals surface area contributed by atoms with Crippen molar-refractivity contribution in [2.75, 3.05) is 23.8 Å². The molecule has 0 radical (unpaired) electrons. The van der Waals surface area contributed by atoms with Gasteiger partial charge in [-0.3, -0.25) is 14.4 Å². The normalized spacial score (nSPS) is 13.4. The average molecular weight is 386 g/mol. The Bertz CT molecular complexity index is 903. The standard InChI is InChI=1S/C20H22N2O4S/c1-13-10-15(14(2)21(13)3)17(23)11-26-20(25)8-9-22-16-6-4-5-7-18(16)27-12-19(22)24/h4-7,10H,8-9,11-12H2,1-3H3. The van der Waals surface area contributed by atoms with Crippen molar-refractivity contribution in [3.05, 3.63) is 47.3 Å². The van der Waals surface area contributed by atoms with E-state index in [4.69, 9.17) is 4.74 Å². The zero-order chi connectivity index (χ0) is 19.6. The molecule has 1 aromatic heterocycles. The van der Waals surface area contributed by atoms with Crippen molar-refractivity contribution < 1.29 is 19.1 Å². The molecule has 1 aliphatic rings. The van der Waals surface area contributed by atoms with Gasteiger partial charge in [0.25, 0.3) is 0 Å². The van der Waals surface area contributed by atoms with Gasteiger partial charge in [0, 0.05) is 35.4 Å². The Labute approximate surface area is 162 Å². The zero-order valence-electron chi connectivity index (χ0n) is 15.7. The fraction of sp³-hybridized carbons (Fsp3) is 0.350. The van der Waals surface area contributed by atoms with E-state index in [0.717, 1.165) is 22.0 Å². The number of hydrogen-bond acceptors (Lipinski definition) is 5. The van der Waals surface area contributed by atoms with Gasteiger partial charge in [-0.05, 0) is 32.0 Å². The van der Waals surface area contributed by atoms with E-state index in [2.05, 4.69) is 0 Å². The zero-order valence-corrected chi connectivity index (χ0v) is 16.5. The highest BCUT2D eigenvalue weighted by molar-refractivity contribution is 8.00. The van der Waals surface area contributed by atoms with Crippen LogP contribution >= 0.6 is 11.8 Å². The van der Waals surface area contributed by atoms with Crippen LogP contribution in [0.2, 0.25) is 0 Å². The summed E-state index contributed by atoms with van der Waals surface area (Å²) in [6.07, 6.45) is 0.0464. The number of anilines is 1. The van der Waals surface area contributed by atoms with Crippen molar-refractivity contribution in [3.8, 4) is 0 Å². The van der Waals surface area contributed by atoms with Crippen molar-refractivity contribution in [1.82, 2.24) is 4.57 Å². The number of esters is 1. The summed E-state index contributed by atoms with van der Waals surface area (Å²) in [6.45, 7) is 3.73. The Morgan fingerprint density at radius 2 is 1.96 bits per heavy atom. The van der Waals surface area contributed by atoms with Crippen LogP contribution in [0.4, 0.5) is 5.69 Å². The van der Waals surface area contributed by atoms with Crippen LogP contribution in [-0.4, -0.2) is 41.1 Å². The first-order chi connectivity index (χ1) is 12.9. The number of aromatic nitrogens is 1. The van der Waals surface area contributed by atoms with E-state index in [1.165, 1.54) is 11.8 Å². The van der Waals surface area contributed by atoms with E-state index >= 15 is 0 Å². The summed E-state index contributed by atoms with van der Waals surface area (Å²) in [5.41, 5.74) is 3.21. The molecule has 0 unspecified atom stereocenters. The highest BCUT2D eigenvalue weighted by Gasteiger charge is 2.25. The van der Waals surface area contributed by atoms with Gasteiger partial charge in [0.15, 0.2) is 6.61 Å². The molecule has 2 heterocycles. The maximum atomic E-state index is 12.3. The third kappa shape index (κ3) is 4.08. The molecule has 1 aliphatic heterocycles. The topological polar surface area (TPSA) is 68.6 Å². The number of fused-ring (bicyclic) bond motifs is 1. The molecule has 0 fully saturated rings. The molecule has 27 heavy (non-hydrogen) atoms. The molecule has 3 rings (SSSR count). The number of ketones is 1. The second-order valence-corrected chi connectivity index (χ2v) is 7.50. The Kier molecular flexibility index (Phi) is 5.70. The fourth-order valence-electron chi connectivity index (χ4n) is 3.04. The van der Waals surface area contributed by atoms with Gasteiger partial charge in [0.2, 0.25) is 11.7 Å². The summed E-state index contributed by atoms with van der Waals surface area (Å²) in [5, 5.41) is 0. The minimum absolute atomic E-state index is 0.0297. The van der Waals surface area contributed by atoms with E-state index < -0.39 is 5.97 Å². The number of rotatable bonds is 6. The van der Waals surface area contributed by atoms with E-state index in [-0.39, 0.29) is 31.3 Å². The van der Waals surface area contributed by atoms with Crippen LogP contribution in [0.25, 0.3) is 0 Å². The number of amides is 1. The first kappa shape index (κ1) is 19.2. The lowest BCUT2D eigenvalue weighted by Crippen LogP contribution is -2.37. The first-order valence-electron chi connectivity index (χ1n) is 8.72. The summed E-state index contributed by atoms with van der Waals surface area (Å²) >= 11 is 1.50. The molecular weight excluding hydrogens is 364 g/mol. The Morgan fingerprint density at radius 1 is 1.22 bits per heavy atom. The lowest BCUT2D eigenvalue weighted by atomic mass is 10.1. The second kappa shape index (κ2) is 8.00. The molecule has 0 saturated carbocycles. The number of Topliss-reactive ketones (excluding diaryl/α,β-unsaturated/α-hetero) is 1. The fourth-order valence-corrected chi connectivity index (χ4v) is 3.97. The highest BCUT2D eigenvalue weighted by atomic mass is 32.2. The number of carbonyl (C=O) groups excluding carboxylic acids is 3. The molecule has 1 aromatic carbocycles. The molecule has 0 N–H and O–H groups in total. The van der Waals surface area contributed by atoms with Crippen LogP contribution < -0.4 is 4.90 Å². The van der Waals surface area contributed by atoms with E-state index in [1.807, 2.05) is 49.7 Å². The second-order valence-electron chi connectivity index (χ2n) is 6.48. The van der Waals surface area contributed by atoms with Crippen LogP contribution in [0.3, 0.4) is 0 Å². The van der Waals surface area contributed by atoms with Crippen LogP contribution in [0.15, 0.2) is 35.2 Å². The number of ether oxygens (including phenoxy) is 1. The van der Waals surface area contributed by atoms with Gasteiger partial charge < -0.3 is 14.2 Å². The predicted octanol–water partition coefficient (Wildman–Crippen LogP) is 2.90. The number of para-hydroxylation sites is 1. The van der Waals surface area contributed by atoms with Crippen LogP contribution in [0.5, 0.6) is 0 Å². The number of carbonyl (C=O) groups is 3. The predicted molar refractivity (Wildman–Crippen MR) is 104 cm³/mol. The Morgan fingerprint density at radius 3 is 2.67 bits per heavy atom. The summed E-state index contributed by atoms with van der Waals surface area (Å²) < 4.78 is 7.06. The van der Waals surface area contributed by atoms with Crippen LogP contribution in [0, 0.1) is 13.8 Å². The minimum atomic E-state index is -0.489. The Hall–Kier alpha value is -2.54. The summed E-state index contributed by atoms with van der Waals surface area (Å²) in [4.78, 5) is 39.2. The molecule has 0 aliphatic carbocycles. The van der Waals surface area contributed by atoms with Gasteiger partial charge in [0.05, 0.1) is 17.9 Å². The van der Waals surface area contributed by atoms with Gasteiger partial charge in [-0.15, -0.1) is 11.8 Å². The van der Waals surface area contributed by atoms with Crippen molar-refractivity contribution in [1.29, 1.82) is 0 Å². The van der Waals surface area contributed by atoms with Crippen molar-refractivity contribution in [3.63, 3.8) is 0 Å². The van der Waals surface area contributed by atoms with E-state index in [9.17, 15) is 14.4 Å². The molecule has 142 valence electrons. The smallest absolute Gasteiger partial charge is 0.308 e. The average Bonchev–Trinajstić information content (AvgIpc) is 2.92.